The Morgan fingerprint density at radius 2 is 1.85 bits per heavy atom. The first-order valence-electron chi connectivity index (χ1n) is 11.1. The van der Waals surface area contributed by atoms with Gasteiger partial charge in [-0.15, -0.1) is 11.3 Å². The lowest BCUT2D eigenvalue weighted by molar-refractivity contribution is -0.929. The van der Waals surface area contributed by atoms with Gasteiger partial charge in [0.15, 0.2) is 23.0 Å². The molecule has 2 aromatic heterocycles. The van der Waals surface area contributed by atoms with Gasteiger partial charge in [-0.25, -0.2) is 0 Å². The van der Waals surface area contributed by atoms with E-state index in [0.717, 1.165) is 51.8 Å². The Morgan fingerprint density at radius 1 is 1.18 bits per heavy atom. The Morgan fingerprint density at radius 3 is 2.47 bits per heavy atom. The Kier molecular flexibility index (Phi) is 8.38. The Bertz CT molecular complexity index is 1120. The van der Waals surface area contributed by atoms with E-state index in [0.29, 0.717) is 36.1 Å². The number of Topliss-reactive ketones (excluding diaryl/α,β-unsaturated/α-hetero) is 1. The third kappa shape index (κ3) is 5.79. The highest BCUT2D eigenvalue weighted by Gasteiger charge is 2.32. The molecule has 3 heterocycles. The molecule has 8 nitrogen and oxygen atoms in total. The van der Waals surface area contributed by atoms with Crippen LogP contribution in [-0.4, -0.2) is 49.5 Å². The van der Waals surface area contributed by atoms with Gasteiger partial charge >= 0.3 is 5.88 Å². The first kappa shape index (κ1) is 26.2. The number of furan rings is 1. The zero-order valence-corrected chi connectivity index (χ0v) is 21.9. The van der Waals surface area contributed by atoms with E-state index in [1.807, 2.05) is 18.2 Å². The summed E-state index contributed by atoms with van der Waals surface area (Å²) in [6.45, 7) is 2.58. The molecule has 184 valence electrons. The predicted molar refractivity (Wildman–Crippen MR) is 126 cm³/mol. The summed E-state index contributed by atoms with van der Waals surface area (Å²) in [7, 11) is 5.37. The van der Waals surface area contributed by atoms with E-state index in [1.54, 1.807) is 20.3 Å². The summed E-state index contributed by atoms with van der Waals surface area (Å²) in [6.07, 6.45) is 3.49. The maximum Gasteiger partial charge on any atom is 0.433 e. The second kappa shape index (κ2) is 10.9. The first-order valence-corrected chi connectivity index (χ1v) is 11.9. The number of quaternary nitrogens is 1. The molecular formula is C24H29BrN2O6S. The molecule has 0 saturated carbocycles. The number of hydrogen-bond acceptors (Lipinski definition) is 7. The Labute approximate surface area is 213 Å². The van der Waals surface area contributed by atoms with Gasteiger partial charge in [0, 0.05) is 17.2 Å². The van der Waals surface area contributed by atoms with Crippen LogP contribution in [0.15, 0.2) is 34.7 Å². The van der Waals surface area contributed by atoms with E-state index in [-0.39, 0.29) is 28.6 Å². The zero-order chi connectivity index (χ0) is 23.6. The van der Waals surface area contributed by atoms with Gasteiger partial charge in [-0.05, 0) is 48.8 Å². The minimum atomic E-state index is -0.504. The molecular weight excluding hydrogens is 524 g/mol. The summed E-state index contributed by atoms with van der Waals surface area (Å²) < 4.78 is 17.9. The smallest absolute Gasteiger partial charge is 0.433 e. The molecule has 0 aliphatic carbocycles. The molecule has 0 amide bonds. The molecule has 1 aromatic carbocycles. The number of rotatable bonds is 9. The van der Waals surface area contributed by atoms with Gasteiger partial charge in [-0.2, -0.15) is 0 Å². The molecule has 10 heteroatoms. The maximum absolute atomic E-state index is 12.9. The molecule has 0 unspecified atom stereocenters. The van der Waals surface area contributed by atoms with Crippen LogP contribution in [0.5, 0.6) is 11.5 Å². The third-order valence-corrected chi connectivity index (χ3v) is 7.74. The molecule has 0 atom stereocenters. The molecule has 0 spiro atoms. The highest BCUT2D eigenvalue weighted by molar-refractivity contribution is 7.20. The van der Waals surface area contributed by atoms with Crippen molar-refractivity contribution in [2.45, 2.75) is 32.2 Å². The zero-order valence-electron chi connectivity index (χ0n) is 19.5. The molecule has 1 aliphatic rings. The molecule has 34 heavy (non-hydrogen) atoms. The van der Waals surface area contributed by atoms with Gasteiger partial charge in [-0.3, -0.25) is 14.9 Å². The number of nitrogens with zero attached hydrogens (tertiary/aromatic N) is 2. The highest BCUT2D eigenvalue weighted by atomic mass is 79.9. The summed E-state index contributed by atoms with van der Waals surface area (Å²) in [6, 6.07) is 8.89. The van der Waals surface area contributed by atoms with Crippen molar-refractivity contribution >= 4 is 33.1 Å². The summed E-state index contributed by atoms with van der Waals surface area (Å²) >= 11 is 1.50. The van der Waals surface area contributed by atoms with Crippen LogP contribution in [0.25, 0.3) is 10.1 Å². The molecule has 3 aromatic rings. The number of ketones is 1. The molecule has 1 aliphatic heterocycles. The quantitative estimate of drug-likeness (QED) is 0.175. The van der Waals surface area contributed by atoms with Gasteiger partial charge in [-0.1, -0.05) is 0 Å². The van der Waals surface area contributed by atoms with Crippen molar-refractivity contribution < 1.29 is 45.1 Å². The second-order valence-electron chi connectivity index (χ2n) is 8.98. The first-order chi connectivity index (χ1) is 15.8. The molecule has 0 bridgehead atoms. The number of methoxy groups -OCH3 is 2. The number of ether oxygens (including phenoxy) is 2. The standard InChI is InChI=1S/C24H29N2O6S.BrH/c1-26(15-18-5-7-24(32-18)25(28)29)10-8-16(9-11-26)4-6-19(27)23-13-17-12-20(30-2)21(31-3)14-22(17)33-23;/h5,7,12-14,16H,4,6,8-11,15H2,1-3H3;1H/q+1;/p-1. The van der Waals surface area contributed by atoms with Gasteiger partial charge in [0.2, 0.25) is 0 Å². The topological polar surface area (TPSA) is 91.8 Å². The van der Waals surface area contributed by atoms with Crippen molar-refractivity contribution in [3.63, 3.8) is 0 Å². The normalized spacial score (nSPS) is 20.0. The molecule has 4 rings (SSSR count). The lowest BCUT2D eigenvalue weighted by Gasteiger charge is -2.40. The number of halogens is 1. The molecule has 1 fully saturated rings. The fourth-order valence-electron chi connectivity index (χ4n) is 4.58. The van der Waals surface area contributed by atoms with Crippen LogP contribution in [0.1, 0.15) is 41.1 Å². The minimum absolute atomic E-state index is 0. The summed E-state index contributed by atoms with van der Waals surface area (Å²) in [5.41, 5.74) is 0. The average molecular weight is 553 g/mol. The summed E-state index contributed by atoms with van der Waals surface area (Å²) in [5.74, 6) is 2.46. The van der Waals surface area contributed by atoms with Crippen LogP contribution >= 0.6 is 11.3 Å². The molecule has 0 N–H and O–H groups in total. The van der Waals surface area contributed by atoms with Crippen molar-refractivity contribution in [1.29, 1.82) is 0 Å². The van der Waals surface area contributed by atoms with E-state index < -0.39 is 4.92 Å². The number of carbonyl (C=O) groups excluding carboxylic acids is 1. The maximum atomic E-state index is 12.9. The lowest BCUT2D eigenvalue weighted by Crippen LogP contribution is -3.00. The highest BCUT2D eigenvalue weighted by Crippen LogP contribution is 2.37. The lowest BCUT2D eigenvalue weighted by atomic mass is 9.90. The monoisotopic (exact) mass is 552 g/mol. The summed E-state index contributed by atoms with van der Waals surface area (Å²) in [5, 5.41) is 11.8. The number of hydrogen-bond donors (Lipinski definition) is 0. The second-order valence-corrected chi connectivity index (χ2v) is 10.1. The molecule has 1 saturated heterocycles. The van der Waals surface area contributed by atoms with Crippen LogP contribution < -0.4 is 26.5 Å². The Balaban J connectivity index is 0.00000324. The third-order valence-electron chi connectivity index (χ3n) is 6.60. The van der Waals surface area contributed by atoms with Gasteiger partial charge in [0.1, 0.15) is 11.5 Å². The largest absolute Gasteiger partial charge is 1.00 e. The van der Waals surface area contributed by atoms with Crippen LogP contribution in [0, 0.1) is 16.0 Å². The van der Waals surface area contributed by atoms with E-state index in [4.69, 9.17) is 13.9 Å². The van der Waals surface area contributed by atoms with E-state index in [2.05, 4.69) is 7.05 Å². The number of carbonyl (C=O) groups is 1. The number of thiophene rings is 1. The van der Waals surface area contributed by atoms with Crippen molar-refractivity contribution in [3.05, 3.63) is 51.1 Å². The van der Waals surface area contributed by atoms with Crippen molar-refractivity contribution in [2.24, 2.45) is 5.92 Å². The Hall–Kier alpha value is -2.43. The number of piperidine rings is 1. The van der Waals surface area contributed by atoms with E-state index >= 15 is 0 Å². The number of likely N-dealkylation sites (tertiary alicyclic amines) is 1. The van der Waals surface area contributed by atoms with Crippen LogP contribution in [-0.2, 0) is 6.54 Å². The van der Waals surface area contributed by atoms with E-state index in [1.165, 1.54) is 17.4 Å². The van der Waals surface area contributed by atoms with Crippen LogP contribution in [0.2, 0.25) is 0 Å². The predicted octanol–water partition coefficient (Wildman–Crippen LogP) is 2.44. The fourth-order valence-corrected chi connectivity index (χ4v) is 5.62. The van der Waals surface area contributed by atoms with Crippen molar-refractivity contribution in [2.75, 3.05) is 34.4 Å². The van der Waals surface area contributed by atoms with Gasteiger partial charge < -0.3 is 35.4 Å². The summed E-state index contributed by atoms with van der Waals surface area (Å²) in [4.78, 5) is 24.0. The van der Waals surface area contributed by atoms with Crippen LogP contribution in [0.4, 0.5) is 5.88 Å². The fraction of sp³-hybridized carbons (Fsp3) is 0.458. The number of benzene rings is 1. The van der Waals surface area contributed by atoms with E-state index in [9.17, 15) is 14.9 Å². The van der Waals surface area contributed by atoms with Crippen molar-refractivity contribution in [3.8, 4) is 11.5 Å². The van der Waals surface area contributed by atoms with Crippen molar-refractivity contribution in [1.82, 2.24) is 0 Å². The average Bonchev–Trinajstić information content (AvgIpc) is 3.44. The molecule has 0 radical (unpaired) electrons. The van der Waals surface area contributed by atoms with Crippen LogP contribution in [0.3, 0.4) is 0 Å². The minimum Gasteiger partial charge on any atom is -1.00 e. The SMILES string of the molecule is COc1cc2cc(C(=O)CCC3CC[N+](C)(Cc4ccc([N+](=O)[O-])o4)CC3)sc2cc1OC.[Br-]. The van der Waals surface area contributed by atoms with Gasteiger partial charge in [0.05, 0.1) is 45.3 Å². The number of fused-ring (bicyclic) bond motifs is 1. The number of nitro groups is 1. The van der Waals surface area contributed by atoms with Gasteiger partial charge in [0.25, 0.3) is 0 Å².